The summed E-state index contributed by atoms with van der Waals surface area (Å²) in [5, 5.41) is 31.2. The Morgan fingerprint density at radius 3 is 1.60 bits per heavy atom. The third-order valence-electron chi connectivity index (χ3n) is 8.30. The van der Waals surface area contributed by atoms with E-state index in [4.69, 9.17) is 0 Å². The summed E-state index contributed by atoms with van der Waals surface area (Å²) >= 11 is 0. The van der Waals surface area contributed by atoms with E-state index in [2.05, 4.69) is 16.0 Å². The number of rotatable bonds is 18. The summed E-state index contributed by atoms with van der Waals surface area (Å²) in [6.45, 7) is 0.359. The second-order valence-corrected chi connectivity index (χ2v) is 11.8. The van der Waals surface area contributed by atoms with Crippen molar-refractivity contribution in [1.82, 2.24) is 21.3 Å². The Morgan fingerprint density at radius 1 is 0.646 bits per heavy atom. The molecule has 0 spiro atoms. The maximum atomic E-state index is 13.5. The fraction of sp³-hybridized carbons (Fsp3) is 0.263. The highest BCUT2D eigenvalue weighted by Crippen LogP contribution is 2.29. The molecule has 0 saturated carbocycles. The molecule has 0 aliphatic heterocycles. The van der Waals surface area contributed by atoms with E-state index in [0.29, 0.717) is 25.8 Å². The zero-order chi connectivity index (χ0) is 34.2. The Hall–Kier alpha value is -5.32. The molecule has 0 fully saturated rings. The van der Waals surface area contributed by atoms with E-state index in [1.807, 2.05) is 127 Å². The topological polar surface area (TPSA) is 157 Å². The molecule has 4 atom stereocenters. The standard InChI is InChI=1S/C38H42N4O6/c43-27-33(24-29-15-7-2-8-16-29)39-22-21-32(23-28-13-5-1-6-14-28)38(42-37(47)48,26-31-19-11-4-12-20-31)41-34(35(44)40-36(45)46)25-30-17-9-3-10-18-30/h1-20,27,32-34,39,41-42H,21-26H2,(H,40,44)(H,45,46)(H,47,48)/t32-,33?,34+,38?/m1/s1. The molecule has 0 aliphatic carbocycles. The number of imide groups is 1. The molecule has 10 nitrogen and oxygen atoms in total. The molecule has 0 heterocycles. The normalized spacial score (nSPS) is 14.1. The average molecular weight is 651 g/mol. The Labute approximate surface area is 280 Å². The van der Waals surface area contributed by atoms with Crippen molar-refractivity contribution in [3.8, 4) is 0 Å². The molecular weight excluding hydrogens is 608 g/mol. The molecule has 4 aromatic carbocycles. The summed E-state index contributed by atoms with van der Waals surface area (Å²) in [4.78, 5) is 49.9. The van der Waals surface area contributed by atoms with Crippen LogP contribution in [0.3, 0.4) is 0 Å². The van der Waals surface area contributed by atoms with E-state index in [1.54, 1.807) is 0 Å². The van der Waals surface area contributed by atoms with Gasteiger partial charge in [0.25, 0.3) is 0 Å². The lowest BCUT2D eigenvalue weighted by molar-refractivity contribution is -0.123. The molecule has 6 N–H and O–H groups in total. The van der Waals surface area contributed by atoms with Gasteiger partial charge in [-0.3, -0.25) is 15.4 Å². The minimum Gasteiger partial charge on any atom is -0.465 e. The second kappa shape index (κ2) is 18.1. The number of aldehydes is 1. The molecule has 0 aliphatic rings. The number of carboxylic acid groups (broad SMARTS) is 2. The molecule has 48 heavy (non-hydrogen) atoms. The minimum atomic E-state index is -1.51. The molecule has 10 heteroatoms. The van der Waals surface area contributed by atoms with E-state index in [0.717, 1.165) is 28.5 Å². The van der Waals surface area contributed by atoms with Gasteiger partial charge in [0, 0.05) is 12.3 Å². The van der Waals surface area contributed by atoms with Gasteiger partial charge in [-0.2, -0.15) is 0 Å². The molecule has 0 radical (unpaired) electrons. The van der Waals surface area contributed by atoms with Gasteiger partial charge in [-0.05, 0) is 54.5 Å². The van der Waals surface area contributed by atoms with Crippen molar-refractivity contribution >= 4 is 24.4 Å². The number of carbonyl (C=O) groups is 4. The second-order valence-electron chi connectivity index (χ2n) is 11.8. The number of hydrogen-bond acceptors (Lipinski definition) is 6. The first-order valence-electron chi connectivity index (χ1n) is 15.9. The summed E-state index contributed by atoms with van der Waals surface area (Å²) in [6, 6.07) is 36.1. The van der Waals surface area contributed by atoms with Crippen LogP contribution in [0.25, 0.3) is 0 Å². The van der Waals surface area contributed by atoms with Crippen LogP contribution >= 0.6 is 0 Å². The van der Waals surface area contributed by atoms with Crippen molar-refractivity contribution in [2.24, 2.45) is 5.92 Å². The SMILES string of the molecule is O=CC(Cc1ccccc1)NCC[C@H](Cc1ccccc1)C(Cc1ccccc1)(NC(=O)O)N[C@@H](Cc1ccccc1)C(=O)NC(=O)O. The predicted octanol–water partition coefficient (Wildman–Crippen LogP) is 4.84. The van der Waals surface area contributed by atoms with Crippen LogP contribution < -0.4 is 21.3 Å². The lowest BCUT2D eigenvalue weighted by Gasteiger charge is -2.44. The monoisotopic (exact) mass is 650 g/mol. The number of carbonyl (C=O) groups excluding carboxylic acids is 2. The lowest BCUT2D eigenvalue weighted by atomic mass is 9.79. The number of amides is 3. The van der Waals surface area contributed by atoms with E-state index < -0.39 is 41.8 Å². The highest BCUT2D eigenvalue weighted by atomic mass is 16.4. The van der Waals surface area contributed by atoms with Crippen LogP contribution in [-0.4, -0.2) is 58.9 Å². The third kappa shape index (κ3) is 11.2. The first kappa shape index (κ1) is 35.5. The molecular formula is C38H42N4O6. The van der Waals surface area contributed by atoms with Crippen LogP contribution in [0.4, 0.5) is 9.59 Å². The van der Waals surface area contributed by atoms with Crippen LogP contribution in [0.2, 0.25) is 0 Å². The largest absolute Gasteiger partial charge is 0.465 e. The van der Waals surface area contributed by atoms with Crippen molar-refractivity contribution in [2.75, 3.05) is 6.54 Å². The van der Waals surface area contributed by atoms with E-state index >= 15 is 0 Å². The molecule has 0 saturated heterocycles. The summed E-state index contributed by atoms with van der Waals surface area (Å²) in [5.74, 6) is -1.29. The van der Waals surface area contributed by atoms with Crippen molar-refractivity contribution in [3.05, 3.63) is 144 Å². The maximum Gasteiger partial charge on any atom is 0.411 e. The zero-order valence-corrected chi connectivity index (χ0v) is 26.6. The van der Waals surface area contributed by atoms with E-state index in [-0.39, 0.29) is 12.8 Å². The summed E-state index contributed by atoms with van der Waals surface area (Å²) in [7, 11) is 0. The molecule has 4 aromatic rings. The Balaban J connectivity index is 1.75. The average Bonchev–Trinajstić information content (AvgIpc) is 3.08. The van der Waals surface area contributed by atoms with Gasteiger partial charge in [-0.15, -0.1) is 0 Å². The van der Waals surface area contributed by atoms with Gasteiger partial charge < -0.3 is 25.6 Å². The van der Waals surface area contributed by atoms with E-state index in [1.165, 1.54) is 0 Å². The number of benzene rings is 4. The number of nitrogens with one attached hydrogen (secondary N) is 4. The predicted molar refractivity (Wildman–Crippen MR) is 184 cm³/mol. The maximum absolute atomic E-state index is 13.5. The fourth-order valence-electron chi connectivity index (χ4n) is 6.07. The van der Waals surface area contributed by atoms with Gasteiger partial charge in [0.05, 0.1) is 12.1 Å². The molecule has 4 rings (SSSR count). The van der Waals surface area contributed by atoms with E-state index in [9.17, 15) is 29.4 Å². The van der Waals surface area contributed by atoms with Gasteiger partial charge in [0.1, 0.15) is 11.9 Å². The van der Waals surface area contributed by atoms with Crippen LogP contribution in [0.5, 0.6) is 0 Å². The summed E-state index contributed by atoms with van der Waals surface area (Å²) in [5.41, 5.74) is 2.05. The fourth-order valence-corrected chi connectivity index (χ4v) is 6.07. The van der Waals surface area contributed by atoms with Gasteiger partial charge in [-0.25, -0.2) is 9.59 Å². The molecule has 0 bridgehead atoms. The highest BCUT2D eigenvalue weighted by molar-refractivity contribution is 5.94. The van der Waals surface area contributed by atoms with Crippen molar-refractivity contribution in [3.63, 3.8) is 0 Å². The quantitative estimate of drug-likeness (QED) is 0.0660. The first-order valence-corrected chi connectivity index (χ1v) is 15.9. The van der Waals surface area contributed by atoms with Crippen molar-refractivity contribution in [2.45, 2.75) is 49.9 Å². The number of hydrogen-bond donors (Lipinski definition) is 6. The Morgan fingerprint density at radius 2 is 1.12 bits per heavy atom. The van der Waals surface area contributed by atoms with Crippen molar-refractivity contribution in [1.29, 1.82) is 0 Å². The third-order valence-corrected chi connectivity index (χ3v) is 8.30. The molecule has 2 unspecified atom stereocenters. The summed E-state index contributed by atoms with van der Waals surface area (Å²) < 4.78 is 0. The van der Waals surface area contributed by atoms with Gasteiger partial charge in [0.15, 0.2) is 0 Å². The smallest absolute Gasteiger partial charge is 0.411 e. The minimum absolute atomic E-state index is 0.0956. The first-order chi connectivity index (χ1) is 23.3. The van der Waals surface area contributed by atoms with Crippen LogP contribution in [0.1, 0.15) is 28.7 Å². The Bertz CT molecular complexity index is 1590. The summed E-state index contributed by atoms with van der Waals surface area (Å²) in [6.07, 6.45) is -0.417. The lowest BCUT2D eigenvalue weighted by Crippen LogP contribution is -2.69. The Kier molecular flexibility index (Phi) is 13.4. The van der Waals surface area contributed by atoms with Gasteiger partial charge in [0.2, 0.25) is 5.91 Å². The molecule has 250 valence electrons. The van der Waals surface area contributed by atoms with Crippen molar-refractivity contribution < 1.29 is 29.4 Å². The zero-order valence-electron chi connectivity index (χ0n) is 26.6. The molecule has 0 aromatic heterocycles. The highest BCUT2D eigenvalue weighted by Gasteiger charge is 2.43. The van der Waals surface area contributed by atoms with Gasteiger partial charge in [-0.1, -0.05) is 121 Å². The van der Waals surface area contributed by atoms with Crippen LogP contribution in [-0.2, 0) is 35.3 Å². The van der Waals surface area contributed by atoms with Crippen LogP contribution in [0, 0.1) is 5.92 Å². The van der Waals surface area contributed by atoms with Gasteiger partial charge >= 0.3 is 12.2 Å². The van der Waals surface area contributed by atoms with Crippen LogP contribution in [0.15, 0.2) is 121 Å². The molecule has 3 amide bonds.